The number of aryl methyl sites for hydroxylation is 2. The van der Waals surface area contributed by atoms with Crippen molar-refractivity contribution < 1.29 is 0 Å². The molecule has 0 saturated carbocycles. The summed E-state index contributed by atoms with van der Waals surface area (Å²) in [5.41, 5.74) is 11.0. The van der Waals surface area contributed by atoms with E-state index in [0.717, 1.165) is 0 Å². The Morgan fingerprint density at radius 2 is 1.45 bits per heavy atom. The predicted octanol–water partition coefficient (Wildman–Crippen LogP) is 8.85. The highest BCUT2D eigenvalue weighted by molar-refractivity contribution is 6.04. The van der Waals surface area contributed by atoms with Gasteiger partial charge in [0.15, 0.2) is 0 Å². The average Bonchev–Trinajstić information content (AvgIpc) is 2.79. The van der Waals surface area contributed by atoms with Crippen molar-refractivity contribution in [2.75, 3.05) is 0 Å². The lowest BCUT2D eigenvalue weighted by Gasteiger charge is -2.35. The van der Waals surface area contributed by atoms with Gasteiger partial charge >= 0.3 is 0 Å². The fourth-order valence-corrected chi connectivity index (χ4v) is 5.36. The van der Waals surface area contributed by atoms with Crippen LogP contribution in [0.25, 0.3) is 33.0 Å². The Labute approximate surface area is 187 Å². The minimum Gasteiger partial charge on any atom is -0.0654 e. The smallest absolute Gasteiger partial charge is 0.0159 e. The Balaban J connectivity index is 1.59. The van der Waals surface area contributed by atoms with Gasteiger partial charge in [0.25, 0.3) is 0 Å². The second-order valence-corrected chi connectivity index (χ2v) is 9.70. The summed E-state index contributed by atoms with van der Waals surface area (Å²) in [6.07, 6.45) is 5.06. The van der Waals surface area contributed by atoms with E-state index >= 15 is 0 Å². The third kappa shape index (κ3) is 3.30. The third-order valence-corrected chi connectivity index (χ3v) is 7.27. The quantitative estimate of drug-likeness (QED) is 0.291. The Hall–Kier alpha value is -2.86. The molecule has 0 heteroatoms. The zero-order valence-corrected chi connectivity index (χ0v) is 19.3. The molecule has 4 aromatic carbocycles. The molecule has 0 aromatic heterocycles. The van der Waals surface area contributed by atoms with Gasteiger partial charge in [0.1, 0.15) is 0 Å². The molecule has 0 fully saturated rings. The predicted molar refractivity (Wildman–Crippen MR) is 135 cm³/mol. The van der Waals surface area contributed by atoms with Gasteiger partial charge in [-0.05, 0) is 81.1 Å². The summed E-state index contributed by atoms with van der Waals surface area (Å²) in [7, 11) is 0. The maximum absolute atomic E-state index is 2.43. The summed E-state index contributed by atoms with van der Waals surface area (Å²) in [5.74, 6) is 0. The van der Waals surface area contributed by atoms with Crippen molar-refractivity contribution in [3.63, 3.8) is 0 Å². The van der Waals surface area contributed by atoms with Gasteiger partial charge in [-0.1, -0.05) is 100 Å². The number of unbranched alkanes of at least 4 members (excludes halogenated alkanes) is 2. The molecule has 0 N–H and O–H groups in total. The molecule has 0 heterocycles. The van der Waals surface area contributed by atoms with Crippen LogP contribution in [0.15, 0.2) is 72.8 Å². The lowest BCUT2D eigenvalue weighted by Crippen LogP contribution is -2.23. The number of fused-ring (bicyclic) bond motifs is 2. The molecule has 0 aliphatic heterocycles. The van der Waals surface area contributed by atoms with Gasteiger partial charge in [-0.25, -0.2) is 0 Å². The van der Waals surface area contributed by atoms with Gasteiger partial charge in [0, 0.05) is 5.41 Å². The Kier molecular flexibility index (Phi) is 4.97. The van der Waals surface area contributed by atoms with Crippen LogP contribution in [-0.2, 0) is 11.8 Å². The molecule has 0 spiro atoms. The molecule has 0 radical (unpaired) electrons. The van der Waals surface area contributed by atoms with E-state index in [-0.39, 0.29) is 5.41 Å². The van der Waals surface area contributed by atoms with Gasteiger partial charge in [-0.2, -0.15) is 0 Å². The summed E-state index contributed by atoms with van der Waals surface area (Å²) in [6.45, 7) is 9.25. The number of hydrogen-bond acceptors (Lipinski definition) is 0. The monoisotopic (exact) mass is 404 g/mol. The molecule has 4 aromatic rings. The second kappa shape index (κ2) is 7.68. The first-order valence-corrected chi connectivity index (χ1v) is 11.8. The first-order valence-electron chi connectivity index (χ1n) is 11.8. The van der Waals surface area contributed by atoms with E-state index in [9.17, 15) is 0 Å². The molecular weight excluding hydrogens is 372 g/mol. The zero-order chi connectivity index (χ0) is 21.6. The van der Waals surface area contributed by atoms with Crippen molar-refractivity contribution in [3.8, 4) is 22.3 Å². The molecule has 0 saturated heterocycles. The average molecular weight is 405 g/mol. The van der Waals surface area contributed by atoms with Gasteiger partial charge in [0.2, 0.25) is 0 Å². The third-order valence-electron chi connectivity index (χ3n) is 7.27. The summed E-state index contributed by atoms with van der Waals surface area (Å²) >= 11 is 0. The van der Waals surface area contributed by atoms with Crippen LogP contribution in [0.5, 0.6) is 0 Å². The highest BCUT2D eigenvalue weighted by Gasteiger charge is 2.33. The van der Waals surface area contributed by atoms with E-state index in [1.165, 1.54) is 81.0 Å². The van der Waals surface area contributed by atoms with E-state index in [2.05, 4.69) is 100 Å². The van der Waals surface area contributed by atoms with Crippen LogP contribution in [0, 0.1) is 6.92 Å². The van der Waals surface area contributed by atoms with Crippen LogP contribution in [0.3, 0.4) is 0 Å². The molecule has 0 amide bonds. The Morgan fingerprint density at radius 1 is 0.710 bits per heavy atom. The zero-order valence-electron chi connectivity index (χ0n) is 19.3. The topological polar surface area (TPSA) is 0 Å². The van der Waals surface area contributed by atoms with Gasteiger partial charge < -0.3 is 0 Å². The van der Waals surface area contributed by atoms with Crippen molar-refractivity contribution >= 4 is 10.8 Å². The Bertz CT molecular complexity index is 1260. The van der Waals surface area contributed by atoms with E-state index in [4.69, 9.17) is 0 Å². The largest absolute Gasteiger partial charge is 0.0654 e. The van der Waals surface area contributed by atoms with Crippen LogP contribution < -0.4 is 0 Å². The summed E-state index contributed by atoms with van der Waals surface area (Å²) in [6, 6.07) is 27.7. The lowest BCUT2D eigenvalue weighted by molar-refractivity contribution is 0.645. The summed E-state index contributed by atoms with van der Waals surface area (Å²) in [4.78, 5) is 0. The van der Waals surface area contributed by atoms with Gasteiger partial charge in [-0.15, -0.1) is 0 Å². The molecular formula is C31H32. The number of benzene rings is 4. The van der Waals surface area contributed by atoms with E-state index in [1.54, 1.807) is 0 Å². The minimum atomic E-state index is -0.0221. The first-order chi connectivity index (χ1) is 15.0. The van der Waals surface area contributed by atoms with E-state index < -0.39 is 0 Å². The Morgan fingerprint density at radius 3 is 2.23 bits per heavy atom. The van der Waals surface area contributed by atoms with Crippen LogP contribution in [-0.4, -0.2) is 0 Å². The fraction of sp³-hybridized carbons (Fsp3) is 0.290. The molecule has 156 valence electrons. The summed E-state index contributed by atoms with van der Waals surface area (Å²) < 4.78 is 0. The fourth-order valence-electron chi connectivity index (χ4n) is 5.36. The molecule has 31 heavy (non-hydrogen) atoms. The van der Waals surface area contributed by atoms with Crippen molar-refractivity contribution in [2.45, 2.75) is 58.8 Å². The number of hydrogen-bond donors (Lipinski definition) is 0. The molecule has 0 atom stereocenters. The minimum absolute atomic E-state index is 0.0221. The highest BCUT2D eigenvalue weighted by Crippen LogP contribution is 2.49. The molecule has 0 nitrogen and oxygen atoms in total. The second-order valence-electron chi connectivity index (χ2n) is 9.70. The van der Waals surface area contributed by atoms with E-state index in [1.807, 2.05) is 0 Å². The maximum atomic E-state index is 2.43. The molecule has 0 bridgehead atoms. The summed E-state index contributed by atoms with van der Waals surface area (Å²) in [5, 5.41) is 2.82. The van der Waals surface area contributed by atoms with Gasteiger partial charge in [0.05, 0.1) is 0 Å². The normalized spacial score (nSPS) is 13.9. The molecule has 1 aliphatic rings. The number of rotatable bonds is 5. The molecule has 1 aliphatic carbocycles. The lowest BCUT2D eigenvalue weighted by atomic mass is 9.67. The molecule has 5 rings (SSSR count). The SMILES string of the molecule is CCCCCc1ccc(-c2ccc3c(c2)C(C)(C)c2cccc4c(C)ccc-3c24)cc1. The van der Waals surface area contributed by atoms with Crippen molar-refractivity contribution in [3.05, 3.63) is 95.1 Å². The first kappa shape index (κ1) is 20.1. The van der Waals surface area contributed by atoms with Crippen molar-refractivity contribution in [2.24, 2.45) is 0 Å². The van der Waals surface area contributed by atoms with Gasteiger partial charge in [-0.3, -0.25) is 0 Å². The van der Waals surface area contributed by atoms with Crippen LogP contribution >= 0.6 is 0 Å². The molecule has 0 unspecified atom stereocenters. The highest BCUT2D eigenvalue weighted by atomic mass is 14.4. The maximum Gasteiger partial charge on any atom is 0.0159 e. The van der Waals surface area contributed by atoms with Crippen LogP contribution in [0.1, 0.15) is 62.3 Å². The van der Waals surface area contributed by atoms with E-state index in [0.29, 0.717) is 0 Å². The van der Waals surface area contributed by atoms with Crippen LogP contribution in [0.2, 0.25) is 0 Å². The van der Waals surface area contributed by atoms with Crippen LogP contribution in [0.4, 0.5) is 0 Å². The van der Waals surface area contributed by atoms with Crippen molar-refractivity contribution in [1.29, 1.82) is 0 Å². The van der Waals surface area contributed by atoms with Crippen molar-refractivity contribution in [1.82, 2.24) is 0 Å². The standard InChI is InChI=1S/C31H32/c1-5-6-7-9-22-13-15-23(16-14-22)24-17-19-26-27-18-12-21(2)25-10-8-11-28(30(25)27)31(3,4)29(26)20-24/h8,10-20H,5-7,9H2,1-4H3.